The molecule has 0 aliphatic heterocycles. The minimum atomic E-state index is 0.226. The van der Waals surface area contributed by atoms with Gasteiger partial charge >= 0.3 is 0 Å². The van der Waals surface area contributed by atoms with Crippen molar-refractivity contribution < 1.29 is 5.11 Å². The Labute approximate surface area is 145 Å². The number of fused-ring (bicyclic) bond motifs is 1. The Hall–Kier alpha value is -1.31. The summed E-state index contributed by atoms with van der Waals surface area (Å²) in [7, 11) is 0. The molecule has 1 aromatic rings. The molecule has 0 aromatic heterocycles. The number of benzene rings is 1. The van der Waals surface area contributed by atoms with Crippen LogP contribution in [0, 0.1) is 22.2 Å². The van der Waals surface area contributed by atoms with Crippen LogP contribution in [0.2, 0.25) is 0 Å². The topological polar surface area (TPSA) is 44.1 Å². The maximum absolute atomic E-state index is 10.1. The maximum atomic E-state index is 10.1. The van der Waals surface area contributed by atoms with Gasteiger partial charge in [-0.05, 0) is 85.0 Å². The molecule has 0 saturated heterocycles. The molecule has 3 fully saturated rings. The normalized spacial score (nSPS) is 41.8. The van der Waals surface area contributed by atoms with E-state index in [0.29, 0.717) is 16.6 Å². The zero-order chi connectivity index (χ0) is 16.6. The van der Waals surface area contributed by atoms with Crippen molar-refractivity contribution in [2.24, 2.45) is 16.7 Å². The van der Waals surface area contributed by atoms with Gasteiger partial charge in [0.1, 0.15) is 5.75 Å². The fourth-order valence-electron chi connectivity index (χ4n) is 7.45. The second-order valence-corrected chi connectivity index (χ2v) is 9.12. The molecule has 0 radical (unpaired) electrons. The molecule has 2 bridgehead atoms. The zero-order valence-corrected chi connectivity index (χ0v) is 14.8. The first kappa shape index (κ1) is 15.0. The first-order valence-corrected chi connectivity index (χ1v) is 9.98. The highest BCUT2D eigenvalue weighted by atomic mass is 16.3. The van der Waals surface area contributed by atoms with Crippen LogP contribution < -0.4 is 0 Å². The summed E-state index contributed by atoms with van der Waals surface area (Å²) in [6.45, 7) is 2.22. The summed E-state index contributed by atoms with van der Waals surface area (Å²) in [5, 5.41) is 18.9. The molecule has 4 aliphatic rings. The van der Waals surface area contributed by atoms with Crippen LogP contribution in [0.25, 0.3) is 0 Å². The number of phenolic OH excluding ortho intramolecular Hbond substituents is 1. The highest BCUT2D eigenvalue weighted by molar-refractivity contribution is 5.92. The molecule has 0 amide bonds. The Morgan fingerprint density at radius 3 is 2.96 bits per heavy atom. The number of hydrogen-bond acceptors (Lipinski definition) is 2. The van der Waals surface area contributed by atoms with E-state index >= 15 is 0 Å². The molecule has 5 rings (SSSR count). The second-order valence-electron chi connectivity index (χ2n) is 9.12. The molecular formula is C22H29NO. The van der Waals surface area contributed by atoms with Gasteiger partial charge in [0.25, 0.3) is 0 Å². The van der Waals surface area contributed by atoms with Crippen molar-refractivity contribution in [3.63, 3.8) is 0 Å². The van der Waals surface area contributed by atoms with Gasteiger partial charge < -0.3 is 10.5 Å². The minimum Gasteiger partial charge on any atom is -0.508 e. The Balaban J connectivity index is 1.67. The molecule has 3 unspecified atom stereocenters. The van der Waals surface area contributed by atoms with E-state index < -0.39 is 0 Å². The molecule has 4 aliphatic carbocycles. The van der Waals surface area contributed by atoms with E-state index in [1.54, 1.807) is 0 Å². The summed E-state index contributed by atoms with van der Waals surface area (Å²) in [6, 6.07) is 6.16. The molecule has 2 heteroatoms. The zero-order valence-electron chi connectivity index (χ0n) is 14.8. The van der Waals surface area contributed by atoms with Crippen molar-refractivity contribution >= 4 is 5.71 Å². The molecule has 24 heavy (non-hydrogen) atoms. The molecule has 4 atom stereocenters. The first-order chi connectivity index (χ1) is 11.6. The summed E-state index contributed by atoms with van der Waals surface area (Å²) >= 11 is 0. The van der Waals surface area contributed by atoms with Gasteiger partial charge in [-0.15, -0.1) is 0 Å². The van der Waals surface area contributed by atoms with E-state index in [0.717, 1.165) is 30.9 Å². The Kier molecular flexibility index (Phi) is 2.90. The quantitative estimate of drug-likeness (QED) is 0.722. The van der Waals surface area contributed by atoms with Gasteiger partial charge in [0, 0.05) is 11.1 Å². The average Bonchev–Trinajstić information content (AvgIpc) is 3.25. The van der Waals surface area contributed by atoms with E-state index in [-0.39, 0.29) is 5.41 Å². The highest BCUT2D eigenvalue weighted by Crippen LogP contribution is 2.82. The summed E-state index contributed by atoms with van der Waals surface area (Å²) in [6.07, 6.45) is 12.3. The Morgan fingerprint density at radius 2 is 2.12 bits per heavy atom. The number of aromatic hydroxyl groups is 1. The van der Waals surface area contributed by atoms with Crippen LogP contribution in [0.1, 0.15) is 75.8 Å². The molecule has 128 valence electrons. The molecular weight excluding hydrogens is 294 g/mol. The SMILES string of the molecule is CCCC(=N)C12CC[C@]34CCCCC3C1(Cc1ccc(O)cc14)C2. The van der Waals surface area contributed by atoms with Crippen molar-refractivity contribution in [1.29, 1.82) is 5.41 Å². The third-order valence-electron chi connectivity index (χ3n) is 8.36. The summed E-state index contributed by atoms with van der Waals surface area (Å²) in [5.74, 6) is 1.19. The first-order valence-electron chi connectivity index (χ1n) is 9.98. The average molecular weight is 323 g/mol. The predicted octanol–water partition coefficient (Wildman–Crippen LogP) is 5.37. The van der Waals surface area contributed by atoms with E-state index in [4.69, 9.17) is 5.41 Å². The fraction of sp³-hybridized carbons (Fsp3) is 0.682. The summed E-state index contributed by atoms with van der Waals surface area (Å²) in [4.78, 5) is 0. The van der Waals surface area contributed by atoms with Crippen molar-refractivity contribution in [3.8, 4) is 5.75 Å². The van der Waals surface area contributed by atoms with Crippen LogP contribution in [0.4, 0.5) is 0 Å². The highest BCUT2D eigenvalue weighted by Gasteiger charge is 2.78. The Bertz CT molecular complexity index is 725. The molecule has 3 saturated carbocycles. The van der Waals surface area contributed by atoms with Gasteiger partial charge in [-0.3, -0.25) is 0 Å². The minimum absolute atomic E-state index is 0.226. The van der Waals surface area contributed by atoms with Crippen molar-refractivity contribution in [3.05, 3.63) is 29.3 Å². The lowest BCUT2D eigenvalue weighted by atomic mass is 9.46. The summed E-state index contributed by atoms with van der Waals surface area (Å²) < 4.78 is 0. The van der Waals surface area contributed by atoms with Crippen molar-refractivity contribution in [2.75, 3.05) is 0 Å². The van der Waals surface area contributed by atoms with E-state index in [1.807, 2.05) is 6.07 Å². The molecule has 2 N–H and O–H groups in total. The lowest BCUT2D eigenvalue weighted by Gasteiger charge is -2.58. The number of rotatable bonds is 3. The molecule has 0 heterocycles. The lowest BCUT2D eigenvalue weighted by Crippen LogP contribution is -2.53. The van der Waals surface area contributed by atoms with Crippen molar-refractivity contribution in [2.45, 2.75) is 76.5 Å². The van der Waals surface area contributed by atoms with Crippen LogP contribution in [0.15, 0.2) is 18.2 Å². The van der Waals surface area contributed by atoms with Crippen LogP contribution in [-0.4, -0.2) is 10.8 Å². The van der Waals surface area contributed by atoms with E-state index in [9.17, 15) is 5.11 Å². The number of nitrogens with one attached hydrogen (secondary N) is 1. The van der Waals surface area contributed by atoms with Gasteiger partial charge in [-0.1, -0.05) is 32.3 Å². The molecule has 1 aromatic carbocycles. The standard InChI is InChI=1S/C22H29NO/c1-2-5-19(23)21-11-10-20-9-4-3-6-18(20)22(21,14-21)13-15-7-8-16(24)12-17(15)20/h7-8,12,18,23-24H,2-6,9-11,13-14H2,1H3/t18?,20-,21?,22?/m0/s1. The van der Waals surface area contributed by atoms with Crippen LogP contribution in [0.5, 0.6) is 5.75 Å². The van der Waals surface area contributed by atoms with E-state index in [1.165, 1.54) is 56.1 Å². The largest absolute Gasteiger partial charge is 0.508 e. The van der Waals surface area contributed by atoms with E-state index in [2.05, 4.69) is 19.1 Å². The molecule has 2 nitrogen and oxygen atoms in total. The predicted molar refractivity (Wildman–Crippen MR) is 96.8 cm³/mol. The maximum Gasteiger partial charge on any atom is 0.115 e. The summed E-state index contributed by atoms with van der Waals surface area (Å²) in [5.41, 5.74) is 4.92. The lowest BCUT2D eigenvalue weighted by molar-refractivity contribution is 0.0253. The third kappa shape index (κ3) is 1.56. The van der Waals surface area contributed by atoms with Gasteiger partial charge in [-0.2, -0.15) is 0 Å². The monoisotopic (exact) mass is 323 g/mol. The Morgan fingerprint density at radius 1 is 1.25 bits per heavy atom. The van der Waals surface area contributed by atoms with Crippen molar-refractivity contribution in [1.82, 2.24) is 0 Å². The molecule has 1 spiro atoms. The van der Waals surface area contributed by atoms with Crippen LogP contribution in [-0.2, 0) is 11.8 Å². The second kappa shape index (κ2) is 4.65. The smallest absolute Gasteiger partial charge is 0.115 e. The number of phenols is 1. The van der Waals surface area contributed by atoms with Crippen LogP contribution >= 0.6 is 0 Å². The number of hydrogen-bond donors (Lipinski definition) is 2. The van der Waals surface area contributed by atoms with Crippen LogP contribution in [0.3, 0.4) is 0 Å². The van der Waals surface area contributed by atoms with Gasteiger partial charge in [0.2, 0.25) is 0 Å². The van der Waals surface area contributed by atoms with Gasteiger partial charge in [-0.25, -0.2) is 0 Å². The van der Waals surface area contributed by atoms with Gasteiger partial charge in [0.05, 0.1) is 0 Å². The third-order valence-corrected chi connectivity index (χ3v) is 8.36. The fourth-order valence-corrected chi connectivity index (χ4v) is 7.45. The van der Waals surface area contributed by atoms with Gasteiger partial charge in [0.15, 0.2) is 0 Å².